The maximum atomic E-state index is 12.9. The van der Waals surface area contributed by atoms with E-state index in [1.807, 2.05) is 30.9 Å². The minimum absolute atomic E-state index is 0.0317. The Balaban J connectivity index is 1.63. The first-order valence-electron chi connectivity index (χ1n) is 9.68. The molecule has 0 radical (unpaired) electrons. The fourth-order valence-corrected chi connectivity index (χ4v) is 3.61. The van der Waals surface area contributed by atoms with Gasteiger partial charge >= 0.3 is 5.97 Å². The first-order valence-corrected chi connectivity index (χ1v) is 9.68. The van der Waals surface area contributed by atoms with E-state index < -0.39 is 5.97 Å². The molecule has 6 heteroatoms. The van der Waals surface area contributed by atoms with Crippen LogP contribution in [-0.4, -0.2) is 46.1 Å². The molecule has 1 aromatic heterocycles. The Bertz CT molecular complexity index is 842. The van der Waals surface area contributed by atoms with E-state index in [-0.39, 0.29) is 12.0 Å². The second-order valence-corrected chi connectivity index (χ2v) is 7.42. The van der Waals surface area contributed by atoms with Gasteiger partial charge in [-0.2, -0.15) is 0 Å². The first kappa shape index (κ1) is 19.9. The van der Waals surface area contributed by atoms with Crippen LogP contribution in [0, 0.1) is 5.92 Å². The number of benzene rings is 1. The molecule has 1 amide bonds. The zero-order valence-corrected chi connectivity index (χ0v) is 16.3. The zero-order valence-electron chi connectivity index (χ0n) is 16.3. The number of hydrogen-bond acceptors (Lipinski definition) is 4. The van der Waals surface area contributed by atoms with Gasteiger partial charge in [0.05, 0.1) is 11.7 Å². The van der Waals surface area contributed by atoms with Gasteiger partial charge in [0.25, 0.3) is 5.91 Å². The fraction of sp³-hybridized carbons (Fsp3) is 0.409. The number of carboxylic acid groups (broad SMARTS) is 1. The van der Waals surface area contributed by atoms with Crippen LogP contribution in [0.4, 0.5) is 0 Å². The number of carbonyl (C=O) groups excluding carboxylic acids is 1. The molecular formula is C22H26N2O4. The third-order valence-corrected chi connectivity index (χ3v) is 4.99. The van der Waals surface area contributed by atoms with Crippen molar-refractivity contribution < 1.29 is 19.4 Å². The number of amides is 1. The lowest BCUT2D eigenvalue weighted by Crippen LogP contribution is -2.39. The molecule has 148 valence electrons. The fourth-order valence-electron chi connectivity index (χ4n) is 3.61. The van der Waals surface area contributed by atoms with Crippen LogP contribution in [0.15, 0.2) is 42.6 Å². The van der Waals surface area contributed by atoms with E-state index in [1.165, 1.54) is 0 Å². The van der Waals surface area contributed by atoms with Gasteiger partial charge in [-0.1, -0.05) is 18.2 Å². The molecule has 0 unspecified atom stereocenters. The van der Waals surface area contributed by atoms with Gasteiger partial charge in [-0.05, 0) is 62.8 Å². The second kappa shape index (κ2) is 8.87. The molecule has 0 spiro atoms. The van der Waals surface area contributed by atoms with Crippen molar-refractivity contribution in [1.82, 2.24) is 9.88 Å². The summed E-state index contributed by atoms with van der Waals surface area (Å²) in [5, 5.41) is 9.35. The van der Waals surface area contributed by atoms with Gasteiger partial charge in [0, 0.05) is 19.3 Å². The van der Waals surface area contributed by atoms with E-state index in [0.29, 0.717) is 36.0 Å². The molecular weight excluding hydrogens is 356 g/mol. The standard InChI is InChI=1S/C22H26N2O4/c1-15(2)28-19-8-5-11-23-20(19)21(25)24-12-9-16(10-13-24)14-17-6-3-4-7-18(17)22(26)27/h3-8,11,15-16H,9-10,12-14H2,1-2H3,(H,26,27). The van der Waals surface area contributed by atoms with E-state index >= 15 is 0 Å². The number of pyridine rings is 1. The monoisotopic (exact) mass is 382 g/mol. The lowest BCUT2D eigenvalue weighted by molar-refractivity contribution is 0.0678. The lowest BCUT2D eigenvalue weighted by Gasteiger charge is -2.32. The highest BCUT2D eigenvalue weighted by Crippen LogP contribution is 2.26. The summed E-state index contributed by atoms with van der Waals surface area (Å²) in [7, 11) is 0. The Kier molecular flexibility index (Phi) is 6.29. The molecule has 6 nitrogen and oxygen atoms in total. The summed E-state index contributed by atoms with van der Waals surface area (Å²) in [4.78, 5) is 30.4. The summed E-state index contributed by atoms with van der Waals surface area (Å²) in [6.07, 6.45) is 3.97. The van der Waals surface area contributed by atoms with Crippen LogP contribution in [0.25, 0.3) is 0 Å². The molecule has 1 N–H and O–H groups in total. The largest absolute Gasteiger partial charge is 0.489 e. The van der Waals surface area contributed by atoms with Gasteiger partial charge < -0.3 is 14.7 Å². The number of likely N-dealkylation sites (tertiary alicyclic amines) is 1. The van der Waals surface area contributed by atoms with Gasteiger partial charge in [-0.15, -0.1) is 0 Å². The Morgan fingerprint density at radius 3 is 2.57 bits per heavy atom. The molecule has 2 aromatic rings. The van der Waals surface area contributed by atoms with Crippen molar-refractivity contribution in [2.24, 2.45) is 5.92 Å². The van der Waals surface area contributed by atoms with Crippen LogP contribution < -0.4 is 4.74 Å². The summed E-state index contributed by atoms with van der Waals surface area (Å²) in [6.45, 7) is 5.11. The number of ether oxygens (including phenoxy) is 1. The molecule has 0 saturated carbocycles. The minimum Gasteiger partial charge on any atom is -0.489 e. The molecule has 28 heavy (non-hydrogen) atoms. The first-order chi connectivity index (χ1) is 13.5. The third-order valence-electron chi connectivity index (χ3n) is 4.99. The third kappa shape index (κ3) is 4.68. The normalized spacial score (nSPS) is 14.9. The molecule has 1 aromatic carbocycles. The van der Waals surface area contributed by atoms with E-state index in [0.717, 1.165) is 24.8 Å². The average molecular weight is 382 g/mol. The van der Waals surface area contributed by atoms with E-state index in [1.54, 1.807) is 30.5 Å². The predicted octanol–water partition coefficient (Wildman–Crippen LogP) is 3.66. The number of carbonyl (C=O) groups is 2. The molecule has 1 aliphatic rings. The maximum absolute atomic E-state index is 12.9. The highest BCUT2D eigenvalue weighted by atomic mass is 16.5. The number of hydrogen-bond donors (Lipinski definition) is 1. The number of carboxylic acids is 1. The average Bonchev–Trinajstić information content (AvgIpc) is 2.68. The van der Waals surface area contributed by atoms with Crippen molar-refractivity contribution in [1.29, 1.82) is 0 Å². The Hall–Kier alpha value is -2.89. The predicted molar refractivity (Wildman–Crippen MR) is 106 cm³/mol. The van der Waals surface area contributed by atoms with Crippen LogP contribution in [0.5, 0.6) is 5.75 Å². The number of nitrogens with zero attached hydrogens (tertiary/aromatic N) is 2. The summed E-state index contributed by atoms with van der Waals surface area (Å²) < 4.78 is 5.73. The SMILES string of the molecule is CC(C)Oc1cccnc1C(=O)N1CCC(Cc2ccccc2C(=O)O)CC1. The van der Waals surface area contributed by atoms with Gasteiger partial charge in [0.1, 0.15) is 0 Å². The van der Waals surface area contributed by atoms with Crippen molar-refractivity contribution in [3.05, 3.63) is 59.4 Å². The highest BCUT2D eigenvalue weighted by Gasteiger charge is 2.27. The molecule has 0 aliphatic carbocycles. The van der Waals surface area contributed by atoms with Crippen LogP contribution in [0.2, 0.25) is 0 Å². The van der Waals surface area contributed by atoms with Crippen molar-refractivity contribution in [3.8, 4) is 5.75 Å². The van der Waals surface area contributed by atoms with E-state index in [9.17, 15) is 14.7 Å². The van der Waals surface area contributed by atoms with E-state index in [4.69, 9.17) is 4.74 Å². The van der Waals surface area contributed by atoms with E-state index in [2.05, 4.69) is 4.98 Å². The molecule has 2 heterocycles. The highest BCUT2D eigenvalue weighted by molar-refractivity contribution is 5.95. The van der Waals surface area contributed by atoms with Crippen molar-refractivity contribution in [2.75, 3.05) is 13.1 Å². The van der Waals surface area contributed by atoms with Crippen molar-refractivity contribution >= 4 is 11.9 Å². The number of aromatic nitrogens is 1. The number of piperidine rings is 1. The Morgan fingerprint density at radius 1 is 1.18 bits per heavy atom. The topological polar surface area (TPSA) is 79.7 Å². The zero-order chi connectivity index (χ0) is 20.1. The van der Waals surface area contributed by atoms with Crippen LogP contribution in [-0.2, 0) is 6.42 Å². The summed E-state index contributed by atoms with van der Waals surface area (Å²) >= 11 is 0. The summed E-state index contributed by atoms with van der Waals surface area (Å²) in [5.74, 6) is -0.128. The minimum atomic E-state index is -0.893. The quantitative estimate of drug-likeness (QED) is 0.825. The van der Waals surface area contributed by atoms with Gasteiger partial charge in [0.15, 0.2) is 11.4 Å². The van der Waals surface area contributed by atoms with Gasteiger partial charge in [-0.25, -0.2) is 9.78 Å². The van der Waals surface area contributed by atoms with Crippen LogP contribution >= 0.6 is 0 Å². The molecule has 1 saturated heterocycles. The molecule has 3 rings (SSSR count). The number of rotatable bonds is 6. The van der Waals surface area contributed by atoms with Crippen molar-refractivity contribution in [2.45, 2.75) is 39.2 Å². The molecule has 0 bridgehead atoms. The second-order valence-electron chi connectivity index (χ2n) is 7.42. The van der Waals surface area contributed by atoms with Crippen LogP contribution in [0.3, 0.4) is 0 Å². The summed E-state index contributed by atoms with van der Waals surface area (Å²) in [5.41, 5.74) is 1.58. The Labute approximate surface area is 165 Å². The number of aromatic carboxylic acids is 1. The molecule has 0 atom stereocenters. The smallest absolute Gasteiger partial charge is 0.335 e. The van der Waals surface area contributed by atoms with Crippen LogP contribution in [0.1, 0.15) is 53.1 Å². The maximum Gasteiger partial charge on any atom is 0.335 e. The molecule has 1 aliphatic heterocycles. The molecule has 1 fully saturated rings. The van der Waals surface area contributed by atoms with Gasteiger partial charge in [-0.3, -0.25) is 4.79 Å². The Morgan fingerprint density at radius 2 is 1.89 bits per heavy atom. The van der Waals surface area contributed by atoms with Gasteiger partial charge in [0.2, 0.25) is 0 Å². The lowest BCUT2D eigenvalue weighted by atomic mass is 9.88. The summed E-state index contributed by atoms with van der Waals surface area (Å²) in [6, 6.07) is 10.7. The van der Waals surface area contributed by atoms with Crippen molar-refractivity contribution in [3.63, 3.8) is 0 Å².